The van der Waals surface area contributed by atoms with Crippen LogP contribution >= 0.6 is 15.9 Å². The molecule has 1 fully saturated rings. The normalized spacial score (nSPS) is 24.1. The van der Waals surface area contributed by atoms with Crippen molar-refractivity contribution in [1.82, 2.24) is 5.32 Å². The third kappa shape index (κ3) is 2.67. The van der Waals surface area contributed by atoms with Crippen LogP contribution in [0.15, 0.2) is 22.7 Å². The summed E-state index contributed by atoms with van der Waals surface area (Å²) in [7, 11) is 0. The van der Waals surface area contributed by atoms with Gasteiger partial charge in [0.05, 0.1) is 11.3 Å². The zero-order chi connectivity index (χ0) is 13.3. The minimum absolute atomic E-state index is 0.341. The highest BCUT2D eigenvalue weighted by atomic mass is 79.9. The summed E-state index contributed by atoms with van der Waals surface area (Å²) in [5, 5.41) is 3.43. The molecule has 1 aliphatic rings. The number of primary amides is 1. The summed E-state index contributed by atoms with van der Waals surface area (Å²) in [6.45, 7) is 6.06. The molecule has 1 aromatic carbocycles. The van der Waals surface area contributed by atoms with Crippen molar-refractivity contribution in [3.05, 3.63) is 28.2 Å². The Hall–Kier alpha value is -1.07. The van der Waals surface area contributed by atoms with E-state index >= 15 is 0 Å². The molecule has 5 heteroatoms. The Labute approximate surface area is 116 Å². The second-order valence-corrected chi connectivity index (χ2v) is 5.75. The van der Waals surface area contributed by atoms with Gasteiger partial charge in [0.15, 0.2) is 0 Å². The number of carbonyl (C=O) groups excluding carboxylic acids is 1. The van der Waals surface area contributed by atoms with Crippen LogP contribution in [0, 0.1) is 0 Å². The van der Waals surface area contributed by atoms with Crippen LogP contribution in [0.2, 0.25) is 0 Å². The van der Waals surface area contributed by atoms with Crippen LogP contribution in [0.3, 0.4) is 0 Å². The number of nitrogens with one attached hydrogen (secondary N) is 1. The number of hydrogen-bond acceptors (Lipinski definition) is 3. The number of benzene rings is 1. The summed E-state index contributed by atoms with van der Waals surface area (Å²) in [4.78, 5) is 13.8. The van der Waals surface area contributed by atoms with Crippen LogP contribution in [-0.4, -0.2) is 31.1 Å². The molecule has 1 amide bonds. The third-order valence-electron chi connectivity index (χ3n) is 3.30. The molecule has 0 aromatic heterocycles. The Morgan fingerprint density at radius 2 is 2.22 bits per heavy atom. The van der Waals surface area contributed by atoms with E-state index in [0.29, 0.717) is 17.6 Å². The minimum atomic E-state index is -0.379. The first kappa shape index (κ1) is 13.4. The number of rotatable bonds is 2. The number of nitrogens with two attached hydrogens (primary N) is 1. The smallest absolute Gasteiger partial charge is 0.250 e. The van der Waals surface area contributed by atoms with Crippen molar-refractivity contribution in [3.8, 4) is 0 Å². The van der Waals surface area contributed by atoms with E-state index in [1.54, 1.807) is 6.07 Å². The van der Waals surface area contributed by atoms with E-state index in [0.717, 1.165) is 23.2 Å². The van der Waals surface area contributed by atoms with Gasteiger partial charge in [-0.05, 0) is 32.0 Å². The number of amides is 1. The van der Waals surface area contributed by atoms with Gasteiger partial charge in [-0.25, -0.2) is 0 Å². The first-order valence-electron chi connectivity index (χ1n) is 6.08. The first-order valence-corrected chi connectivity index (χ1v) is 6.87. The molecule has 1 aromatic rings. The van der Waals surface area contributed by atoms with E-state index in [4.69, 9.17) is 5.73 Å². The van der Waals surface area contributed by atoms with Crippen molar-refractivity contribution < 1.29 is 4.79 Å². The zero-order valence-electron chi connectivity index (χ0n) is 10.6. The molecule has 0 saturated carbocycles. The molecule has 0 bridgehead atoms. The molecule has 98 valence electrons. The van der Waals surface area contributed by atoms with Gasteiger partial charge in [-0.15, -0.1) is 0 Å². The predicted octanol–water partition coefficient (Wildman–Crippen LogP) is 1.73. The third-order valence-corrected chi connectivity index (χ3v) is 3.79. The van der Waals surface area contributed by atoms with Gasteiger partial charge >= 0.3 is 0 Å². The van der Waals surface area contributed by atoms with Crippen LogP contribution < -0.4 is 16.0 Å². The molecule has 1 saturated heterocycles. The molecular weight excluding hydrogens is 294 g/mol. The zero-order valence-corrected chi connectivity index (χ0v) is 12.2. The quantitative estimate of drug-likeness (QED) is 0.874. The van der Waals surface area contributed by atoms with E-state index in [9.17, 15) is 4.79 Å². The summed E-state index contributed by atoms with van der Waals surface area (Å²) in [6, 6.07) is 6.34. The summed E-state index contributed by atoms with van der Waals surface area (Å²) in [5.41, 5.74) is 6.95. The monoisotopic (exact) mass is 311 g/mol. The van der Waals surface area contributed by atoms with Crippen LogP contribution in [-0.2, 0) is 0 Å². The molecule has 4 nitrogen and oxygen atoms in total. The van der Waals surface area contributed by atoms with Crippen molar-refractivity contribution in [2.75, 3.05) is 18.0 Å². The second-order valence-electron chi connectivity index (χ2n) is 4.84. The van der Waals surface area contributed by atoms with Crippen molar-refractivity contribution >= 4 is 27.5 Å². The molecule has 1 aliphatic heterocycles. The second kappa shape index (κ2) is 5.28. The maximum absolute atomic E-state index is 11.5. The van der Waals surface area contributed by atoms with Gasteiger partial charge in [0.2, 0.25) is 0 Å². The van der Waals surface area contributed by atoms with Crippen LogP contribution in [0.1, 0.15) is 24.2 Å². The average molecular weight is 312 g/mol. The van der Waals surface area contributed by atoms with Gasteiger partial charge in [-0.2, -0.15) is 0 Å². The maximum atomic E-state index is 11.5. The van der Waals surface area contributed by atoms with Crippen LogP contribution in [0.25, 0.3) is 0 Å². The highest BCUT2D eigenvalue weighted by Gasteiger charge is 2.25. The summed E-state index contributed by atoms with van der Waals surface area (Å²) in [5.74, 6) is -0.379. The van der Waals surface area contributed by atoms with Crippen molar-refractivity contribution in [2.45, 2.75) is 25.9 Å². The Morgan fingerprint density at radius 3 is 2.89 bits per heavy atom. The van der Waals surface area contributed by atoms with Gasteiger partial charge < -0.3 is 16.0 Å². The predicted molar refractivity (Wildman–Crippen MR) is 76.9 cm³/mol. The number of hydrogen-bond donors (Lipinski definition) is 2. The summed E-state index contributed by atoms with van der Waals surface area (Å²) >= 11 is 3.45. The Balaban J connectivity index is 2.41. The lowest BCUT2D eigenvalue weighted by Crippen LogP contribution is -2.54. The van der Waals surface area contributed by atoms with Crippen molar-refractivity contribution in [3.63, 3.8) is 0 Å². The number of carbonyl (C=O) groups is 1. The lowest BCUT2D eigenvalue weighted by atomic mass is 10.1. The number of anilines is 1. The SMILES string of the molecule is CC1CN(c2cc(Br)ccc2C(N)=O)C(C)CN1. The maximum Gasteiger partial charge on any atom is 0.250 e. The highest BCUT2D eigenvalue weighted by molar-refractivity contribution is 9.10. The largest absolute Gasteiger partial charge is 0.366 e. The Kier molecular flexibility index (Phi) is 3.92. The molecule has 0 aliphatic carbocycles. The molecule has 3 N–H and O–H groups in total. The summed E-state index contributed by atoms with van der Waals surface area (Å²) < 4.78 is 0.959. The molecule has 2 atom stereocenters. The molecular formula is C13H18BrN3O. The average Bonchev–Trinajstić information content (AvgIpc) is 2.31. The van der Waals surface area contributed by atoms with Gasteiger partial charge in [0.25, 0.3) is 5.91 Å². The van der Waals surface area contributed by atoms with Crippen LogP contribution in [0.5, 0.6) is 0 Å². The molecule has 0 spiro atoms. The number of piperazine rings is 1. The fourth-order valence-corrected chi connectivity index (χ4v) is 2.66. The van der Waals surface area contributed by atoms with E-state index in [1.165, 1.54) is 0 Å². The van der Waals surface area contributed by atoms with Crippen molar-refractivity contribution in [1.29, 1.82) is 0 Å². The highest BCUT2D eigenvalue weighted by Crippen LogP contribution is 2.27. The van der Waals surface area contributed by atoms with E-state index in [2.05, 4.69) is 40.0 Å². The van der Waals surface area contributed by atoms with Crippen LogP contribution in [0.4, 0.5) is 5.69 Å². The van der Waals surface area contributed by atoms with Gasteiger partial charge in [0.1, 0.15) is 0 Å². The minimum Gasteiger partial charge on any atom is -0.366 e. The van der Waals surface area contributed by atoms with E-state index in [-0.39, 0.29) is 5.91 Å². The van der Waals surface area contributed by atoms with E-state index in [1.807, 2.05) is 12.1 Å². The van der Waals surface area contributed by atoms with E-state index < -0.39 is 0 Å². The van der Waals surface area contributed by atoms with Crippen molar-refractivity contribution in [2.24, 2.45) is 5.73 Å². The molecule has 2 rings (SSSR count). The number of halogens is 1. The van der Waals surface area contributed by atoms with Gasteiger partial charge in [-0.3, -0.25) is 4.79 Å². The molecule has 18 heavy (non-hydrogen) atoms. The lowest BCUT2D eigenvalue weighted by molar-refractivity contribution is 0.100. The fourth-order valence-electron chi connectivity index (χ4n) is 2.31. The topological polar surface area (TPSA) is 58.4 Å². The first-order chi connectivity index (χ1) is 8.49. The number of nitrogens with zero attached hydrogens (tertiary/aromatic N) is 1. The lowest BCUT2D eigenvalue weighted by Gasteiger charge is -2.40. The van der Waals surface area contributed by atoms with Gasteiger partial charge in [0, 0.05) is 29.6 Å². The molecule has 1 heterocycles. The molecule has 2 unspecified atom stereocenters. The molecule has 0 radical (unpaired) electrons. The summed E-state index contributed by atoms with van der Waals surface area (Å²) in [6.07, 6.45) is 0. The fraction of sp³-hybridized carbons (Fsp3) is 0.462. The standard InChI is InChI=1S/C13H18BrN3O/c1-8-7-17(9(2)6-16-8)12-5-10(14)3-4-11(12)13(15)18/h3-5,8-9,16H,6-7H2,1-2H3,(H2,15,18). The van der Waals surface area contributed by atoms with Gasteiger partial charge in [-0.1, -0.05) is 15.9 Å². The Morgan fingerprint density at radius 1 is 1.50 bits per heavy atom. The Bertz CT molecular complexity index is 464.